The number of nitrogens with zero attached hydrogens (tertiary/aromatic N) is 1. The second-order valence-electron chi connectivity index (χ2n) is 6.64. The summed E-state index contributed by atoms with van der Waals surface area (Å²) in [6.45, 7) is 0.900. The van der Waals surface area contributed by atoms with Gasteiger partial charge in [0.1, 0.15) is 11.6 Å². The van der Waals surface area contributed by atoms with Crippen LogP contribution < -0.4 is 4.74 Å². The number of benzene rings is 2. The summed E-state index contributed by atoms with van der Waals surface area (Å²) < 4.78 is 23.2. The largest absolute Gasteiger partial charge is 0.484 e. The van der Waals surface area contributed by atoms with Crippen molar-refractivity contribution in [3.05, 3.63) is 65.1 Å². The molecular weight excluding hydrogens is 363 g/mol. The van der Waals surface area contributed by atoms with Crippen molar-refractivity contribution in [1.29, 1.82) is 0 Å². The van der Waals surface area contributed by atoms with Crippen LogP contribution in [0.5, 0.6) is 5.75 Å². The van der Waals surface area contributed by atoms with Gasteiger partial charge in [-0.3, -0.25) is 4.79 Å². The minimum absolute atomic E-state index is 0.114. The van der Waals surface area contributed by atoms with Crippen LogP contribution in [0.4, 0.5) is 4.39 Å². The molecule has 1 N–H and O–H groups in total. The number of ether oxygens (including phenoxy) is 2. The second-order valence-corrected chi connectivity index (χ2v) is 6.64. The van der Waals surface area contributed by atoms with Crippen LogP contribution in [0.2, 0.25) is 0 Å². The quantitative estimate of drug-likeness (QED) is 0.704. The standard InChI is InChI=1S/C21H19FN2O4/c1-27-21(26)13-2-7-18-16(10-13)17-11-24(9-8-19(17)23-18)20(25)12-28-15-5-3-14(22)4-6-15/h2-7,10,23H,8-9,11-12H2,1H3. The van der Waals surface area contributed by atoms with Gasteiger partial charge in [-0.2, -0.15) is 0 Å². The van der Waals surface area contributed by atoms with Crippen molar-refractivity contribution in [3.8, 4) is 5.75 Å². The molecular formula is C21H19FN2O4. The van der Waals surface area contributed by atoms with Crippen LogP contribution in [-0.4, -0.2) is 42.0 Å². The second kappa shape index (κ2) is 7.34. The van der Waals surface area contributed by atoms with Crippen molar-refractivity contribution in [2.24, 2.45) is 0 Å². The molecule has 3 aromatic rings. The molecule has 2 heterocycles. The molecule has 0 radical (unpaired) electrons. The number of nitrogens with one attached hydrogen (secondary N) is 1. The Balaban J connectivity index is 1.50. The third kappa shape index (κ3) is 3.43. The fourth-order valence-corrected chi connectivity index (χ4v) is 3.44. The van der Waals surface area contributed by atoms with Crippen LogP contribution in [0.1, 0.15) is 21.6 Å². The Kier molecular flexibility index (Phi) is 4.73. The highest BCUT2D eigenvalue weighted by molar-refractivity contribution is 5.96. The van der Waals surface area contributed by atoms with Gasteiger partial charge in [0.05, 0.1) is 12.7 Å². The van der Waals surface area contributed by atoms with E-state index in [4.69, 9.17) is 9.47 Å². The predicted molar refractivity (Wildman–Crippen MR) is 101 cm³/mol. The van der Waals surface area contributed by atoms with E-state index >= 15 is 0 Å². The van der Waals surface area contributed by atoms with E-state index in [1.54, 1.807) is 17.0 Å². The van der Waals surface area contributed by atoms with Crippen LogP contribution in [0, 0.1) is 5.82 Å². The first-order valence-electron chi connectivity index (χ1n) is 8.93. The monoisotopic (exact) mass is 382 g/mol. The molecule has 28 heavy (non-hydrogen) atoms. The molecule has 0 aliphatic carbocycles. The van der Waals surface area contributed by atoms with Gasteiger partial charge < -0.3 is 19.4 Å². The molecule has 0 saturated heterocycles. The van der Waals surface area contributed by atoms with Gasteiger partial charge in [0.25, 0.3) is 5.91 Å². The fourth-order valence-electron chi connectivity index (χ4n) is 3.44. The van der Waals surface area contributed by atoms with Gasteiger partial charge in [-0.05, 0) is 42.5 Å². The smallest absolute Gasteiger partial charge is 0.337 e. The van der Waals surface area contributed by atoms with Crippen molar-refractivity contribution in [2.45, 2.75) is 13.0 Å². The number of carbonyl (C=O) groups excluding carboxylic acids is 2. The van der Waals surface area contributed by atoms with Crippen LogP contribution in [0.15, 0.2) is 42.5 Å². The van der Waals surface area contributed by atoms with Crippen LogP contribution in [-0.2, 0) is 22.5 Å². The zero-order valence-electron chi connectivity index (χ0n) is 15.3. The van der Waals surface area contributed by atoms with Gasteiger partial charge >= 0.3 is 5.97 Å². The summed E-state index contributed by atoms with van der Waals surface area (Å²) in [7, 11) is 1.35. The normalized spacial score (nSPS) is 13.3. The molecule has 1 aromatic heterocycles. The SMILES string of the molecule is COC(=O)c1ccc2[nH]c3c(c2c1)CN(C(=O)COc1ccc(F)cc1)CC3. The summed E-state index contributed by atoms with van der Waals surface area (Å²) in [5, 5.41) is 0.912. The Morgan fingerprint density at radius 3 is 2.71 bits per heavy atom. The lowest BCUT2D eigenvalue weighted by molar-refractivity contribution is -0.134. The predicted octanol–water partition coefficient (Wildman–Crippen LogP) is 3.06. The number of carbonyl (C=O) groups is 2. The van der Waals surface area contributed by atoms with Crippen molar-refractivity contribution in [3.63, 3.8) is 0 Å². The molecule has 1 aliphatic rings. The maximum absolute atomic E-state index is 13.0. The number of fused-ring (bicyclic) bond motifs is 3. The minimum atomic E-state index is -0.395. The summed E-state index contributed by atoms with van der Waals surface area (Å²) >= 11 is 0. The molecule has 7 heteroatoms. The third-order valence-corrected chi connectivity index (χ3v) is 4.92. The number of rotatable bonds is 4. The number of esters is 1. The Labute approximate surface area is 160 Å². The van der Waals surface area contributed by atoms with Crippen LogP contribution in [0.25, 0.3) is 10.9 Å². The average molecular weight is 382 g/mol. The van der Waals surface area contributed by atoms with E-state index in [-0.39, 0.29) is 18.3 Å². The van der Waals surface area contributed by atoms with Gasteiger partial charge in [-0.15, -0.1) is 0 Å². The molecule has 0 spiro atoms. The summed E-state index contributed by atoms with van der Waals surface area (Å²) in [4.78, 5) is 29.5. The Morgan fingerprint density at radius 1 is 1.18 bits per heavy atom. The van der Waals surface area contributed by atoms with Crippen LogP contribution >= 0.6 is 0 Å². The number of aromatic nitrogens is 1. The van der Waals surface area contributed by atoms with Gasteiger partial charge in [-0.25, -0.2) is 9.18 Å². The van der Waals surface area contributed by atoms with Gasteiger partial charge in [0.2, 0.25) is 0 Å². The van der Waals surface area contributed by atoms with E-state index in [1.165, 1.54) is 31.4 Å². The Bertz CT molecular complexity index is 1040. The molecule has 1 aliphatic heterocycles. The highest BCUT2D eigenvalue weighted by Crippen LogP contribution is 2.29. The van der Waals surface area contributed by atoms with Crippen molar-refractivity contribution in [1.82, 2.24) is 9.88 Å². The van der Waals surface area contributed by atoms with E-state index in [9.17, 15) is 14.0 Å². The lowest BCUT2D eigenvalue weighted by atomic mass is 10.0. The van der Waals surface area contributed by atoms with E-state index < -0.39 is 5.97 Å². The molecule has 0 bridgehead atoms. The molecule has 4 rings (SSSR count). The summed E-state index contributed by atoms with van der Waals surface area (Å²) in [6.07, 6.45) is 0.694. The number of H-pyrrole nitrogens is 1. The average Bonchev–Trinajstić information content (AvgIpc) is 3.09. The lowest BCUT2D eigenvalue weighted by Gasteiger charge is -2.27. The number of hydrogen-bond acceptors (Lipinski definition) is 4. The van der Waals surface area contributed by atoms with Crippen molar-refractivity contribution >= 4 is 22.8 Å². The molecule has 1 amide bonds. The van der Waals surface area contributed by atoms with Gasteiger partial charge in [0.15, 0.2) is 6.61 Å². The molecule has 144 valence electrons. The maximum atomic E-state index is 13.0. The first-order valence-corrected chi connectivity index (χ1v) is 8.93. The molecule has 6 nitrogen and oxygen atoms in total. The van der Waals surface area contributed by atoms with E-state index in [0.29, 0.717) is 30.8 Å². The summed E-state index contributed by atoms with van der Waals surface area (Å²) in [5.41, 5.74) is 3.47. The zero-order valence-corrected chi connectivity index (χ0v) is 15.3. The summed E-state index contributed by atoms with van der Waals surface area (Å²) in [6, 6.07) is 10.9. The van der Waals surface area contributed by atoms with Crippen molar-refractivity contribution < 1.29 is 23.5 Å². The van der Waals surface area contributed by atoms with Crippen molar-refractivity contribution in [2.75, 3.05) is 20.3 Å². The molecule has 0 fully saturated rings. The Morgan fingerprint density at radius 2 is 1.96 bits per heavy atom. The Hall–Kier alpha value is -3.35. The summed E-state index contributed by atoms with van der Waals surface area (Å²) in [5.74, 6) is -0.447. The molecule has 0 unspecified atom stereocenters. The highest BCUT2D eigenvalue weighted by atomic mass is 19.1. The van der Waals surface area contributed by atoms with E-state index in [1.807, 2.05) is 6.07 Å². The molecule has 0 atom stereocenters. The first-order chi connectivity index (χ1) is 13.5. The number of aromatic amines is 1. The first kappa shape index (κ1) is 18.0. The lowest BCUT2D eigenvalue weighted by Crippen LogP contribution is -2.38. The maximum Gasteiger partial charge on any atom is 0.337 e. The number of amides is 1. The zero-order chi connectivity index (χ0) is 19.7. The van der Waals surface area contributed by atoms with Gasteiger partial charge in [-0.1, -0.05) is 0 Å². The molecule has 2 aromatic carbocycles. The highest BCUT2D eigenvalue weighted by Gasteiger charge is 2.25. The van der Waals surface area contributed by atoms with Gasteiger partial charge in [0, 0.05) is 41.7 Å². The number of halogens is 1. The van der Waals surface area contributed by atoms with E-state index in [0.717, 1.165) is 22.2 Å². The fraction of sp³-hybridized carbons (Fsp3) is 0.238. The number of hydrogen-bond donors (Lipinski definition) is 1. The minimum Gasteiger partial charge on any atom is -0.484 e. The molecule has 0 saturated carbocycles. The third-order valence-electron chi connectivity index (χ3n) is 4.92. The number of methoxy groups -OCH3 is 1. The van der Waals surface area contributed by atoms with E-state index in [2.05, 4.69) is 4.98 Å². The van der Waals surface area contributed by atoms with Crippen LogP contribution in [0.3, 0.4) is 0 Å². The topological polar surface area (TPSA) is 71.6 Å².